The maximum atomic E-state index is 11.7. The number of imidazole rings is 1. The first-order valence-electron chi connectivity index (χ1n) is 4.74. The highest BCUT2D eigenvalue weighted by atomic mass is 16.6. The topological polar surface area (TPSA) is 47.4 Å². The molecule has 0 fully saturated rings. The highest BCUT2D eigenvalue weighted by Gasteiger charge is 2.21. The standard InChI is InChI=1S/C10H17N3O2/c1-10(2,3)15-9(14)13(5)8-6-11-7-12(8)4/h6-7H,1-5H3. The Labute approximate surface area is 89.7 Å². The molecule has 0 atom stereocenters. The molecule has 15 heavy (non-hydrogen) atoms. The molecule has 0 bridgehead atoms. The van der Waals surface area contributed by atoms with Crippen LogP contribution >= 0.6 is 0 Å². The van der Waals surface area contributed by atoms with Crippen molar-refractivity contribution in [2.45, 2.75) is 26.4 Å². The van der Waals surface area contributed by atoms with E-state index in [-0.39, 0.29) is 6.09 Å². The second-order valence-electron chi connectivity index (χ2n) is 4.40. The maximum Gasteiger partial charge on any atom is 0.415 e. The summed E-state index contributed by atoms with van der Waals surface area (Å²) in [5.41, 5.74) is -0.482. The Morgan fingerprint density at radius 1 is 1.53 bits per heavy atom. The molecule has 0 aromatic carbocycles. The zero-order valence-corrected chi connectivity index (χ0v) is 9.81. The van der Waals surface area contributed by atoms with Crippen LogP contribution in [0.2, 0.25) is 0 Å². The lowest BCUT2D eigenvalue weighted by Crippen LogP contribution is -2.34. The molecule has 0 saturated heterocycles. The first kappa shape index (κ1) is 11.6. The number of carbonyl (C=O) groups excluding carboxylic acids is 1. The van der Waals surface area contributed by atoms with E-state index in [0.717, 1.165) is 0 Å². The summed E-state index contributed by atoms with van der Waals surface area (Å²) >= 11 is 0. The summed E-state index contributed by atoms with van der Waals surface area (Å²) in [6.07, 6.45) is 2.87. The van der Waals surface area contributed by atoms with Crippen molar-refractivity contribution in [3.8, 4) is 0 Å². The van der Waals surface area contributed by atoms with E-state index < -0.39 is 5.60 Å². The third kappa shape index (κ3) is 2.97. The molecule has 1 aromatic rings. The Hall–Kier alpha value is -1.52. The molecule has 0 spiro atoms. The Balaban J connectivity index is 2.74. The summed E-state index contributed by atoms with van der Waals surface area (Å²) in [6, 6.07) is 0. The van der Waals surface area contributed by atoms with E-state index in [2.05, 4.69) is 4.98 Å². The van der Waals surface area contributed by atoms with E-state index in [1.165, 1.54) is 4.90 Å². The van der Waals surface area contributed by atoms with Gasteiger partial charge in [0.15, 0.2) is 0 Å². The van der Waals surface area contributed by atoms with Crippen LogP contribution in [-0.4, -0.2) is 28.3 Å². The van der Waals surface area contributed by atoms with E-state index in [9.17, 15) is 4.79 Å². The summed E-state index contributed by atoms with van der Waals surface area (Å²) in [7, 11) is 3.48. The van der Waals surface area contributed by atoms with E-state index in [4.69, 9.17) is 4.74 Å². The van der Waals surface area contributed by atoms with E-state index in [1.54, 1.807) is 24.1 Å². The predicted octanol–water partition coefficient (Wildman–Crippen LogP) is 1.79. The molecule has 1 rings (SSSR count). The average molecular weight is 211 g/mol. The molecule has 0 unspecified atom stereocenters. The number of hydrogen-bond donors (Lipinski definition) is 0. The van der Waals surface area contributed by atoms with Gasteiger partial charge in [-0.25, -0.2) is 9.78 Å². The van der Waals surface area contributed by atoms with Crippen LogP contribution in [0.15, 0.2) is 12.5 Å². The quantitative estimate of drug-likeness (QED) is 0.711. The fourth-order valence-corrected chi connectivity index (χ4v) is 1.10. The number of rotatable bonds is 1. The minimum absolute atomic E-state index is 0.383. The number of carbonyl (C=O) groups is 1. The van der Waals surface area contributed by atoms with Crippen LogP contribution in [0, 0.1) is 0 Å². The van der Waals surface area contributed by atoms with Crippen molar-refractivity contribution < 1.29 is 9.53 Å². The van der Waals surface area contributed by atoms with Gasteiger partial charge in [-0.3, -0.25) is 4.90 Å². The third-order valence-electron chi connectivity index (χ3n) is 1.80. The highest BCUT2D eigenvalue weighted by Crippen LogP contribution is 2.15. The Kier molecular flexibility index (Phi) is 3.02. The van der Waals surface area contributed by atoms with Crippen molar-refractivity contribution in [1.29, 1.82) is 0 Å². The number of aromatic nitrogens is 2. The molecule has 0 saturated carbocycles. The lowest BCUT2D eigenvalue weighted by molar-refractivity contribution is 0.0587. The monoisotopic (exact) mass is 211 g/mol. The van der Waals surface area contributed by atoms with Crippen LogP contribution in [0.4, 0.5) is 10.6 Å². The first-order valence-corrected chi connectivity index (χ1v) is 4.74. The molecular weight excluding hydrogens is 194 g/mol. The highest BCUT2D eigenvalue weighted by molar-refractivity contribution is 5.85. The number of anilines is 1. The molecule has 0 aliphatic carbocycles. The number of hydrogen-bond acceptors (Lipinski definition) is 3. The van der Waals surface area contributed by atoms with Crippen LogP contribution in [0.5, 0.6) is 0 Å². The van der Waals surface area contributed by atoms with Gasteiger partial charge in [-0.05, 0) is 20.8 Å². The zero-order valence-electron chi connectivity index (χ0n) is 9.81. The van der Waals surface area contributed by atoms with Gasteiger partial charge in [0.2, 0.25) is 0 Å². The van der Waals surface area contributed by atoms with Gasteiger partial charge in [0, 0.05) is 14.1 Å². The molecule has 5 nitrogen and oxygen atoms in total. The predicted molar refractivity (Wildman–Crippen MR) is 57.8 cm³/mol. The van der Waals surface area contributed by atoms with Crippen LogP contribution in [-0.2, 0) is 11.8 Å². The van der Waals surface area contributed by atoms with Gasteiger partial charge in [-0.15, -0.1) is 0 Å². The molecular formula is C10H17N3O2. The third-order valence-corrected chi connectivity index (χ3v) is 1.80. The van der Waals surface area contributed by atoms with Gasteiger partial charge in [-0.1, -0.05) is 0 Å². The second kappa shape index (κ2) is 3.92. The minimum atomic E-state index is -0.482. The average Bonchev–Trinajstić information content (AvgIpc) is 2.47. The lowest BCUT2D eigenvalue weighted by Gasteiger charge is -2.24. The SMILES string of the molecule is CN(C(=O)OC(C)(C)C)c1cncn1C. The molecule has 0 radical (unpaired) electrons. The normalized spacial score (nSPS) is 11.3. The molecule has 1 amide bonds. The van der Waals surface area contributed by atoms with Gasteiger partial charge in [0.05, 0.1) is 12.5 Å². The Bertz CT molecular complexity index is 352. The van der Waals surface area contributed by atoms with Crippen LogP contribution in [0.1, 0.15) is 20.8 Å². The molecule has 0 aliphatic heterocycles. The smallest absolute Gasteiger partial charge is 0.415 e. The summed E-state index contributed by atoms with van der Waals surface area (Å²) in [5, 5.41) is 0. The maximum absolute atomic E-state index is 11.7. The van der Waals surface area contributed by atoms with Crippen molar-refractivity contribution in [3.05, 3.63) is 12.5 Å². The molecule has 84 valence electrons. The van der Waals surface area contributed by atoms with E-state index in [0.29, 0.717) is 5.82 Å². The molecule has 5 heteroatoms. The van der Waals surface area contributed by atoms with Gasteiger partial charge in [0.25, 0.3) is 0 Å². The van der Waals surface area contributed by atoms with Crippen LogP contribution in [0.3, 0.4) is 0 Å². The van der Waals surface area contributed by atoms with Crippen molar-refractivity contribution in [1.82, 2.24) is 9.55 Å². The molecule has 1 aromatic heterocycles. The fourth-order valence-electron chi connectivity index (χ4n) is 1.10. The zero-order chi connectivity index (χ0) is 11.6. The van der Waals surface area contributed by atoms with E-state index in [1.807, 2.05) is 27.8 Å². The van der Waals surface area contributed by atoms with Crippen molar-refractivity contribution in [2.24, 2.45) is 7.05 Å². The van der Waals surface area contributed by atoms with Crippen LogP contribution < -0.4 is 4.90 Å². The fraction of sp³-hybridized carbons (Fsp3) is 0.600. The number of amides is 1. The summed E-state index contributed by atoms with van der Waals surface area (Å²) in [4.78, 5) is 17.0. The second-order valence-corrected chi connectivity index (χ2v) is 4.40. The van der Waals surface area contributed by atoms with Crippen molar-refractivity contribution in [3.63, 3.8) is 0 Å². The first-order chi connectivity index (χ1) is 6.81. The van der Waals surface area contributed by atoms with Gasteiger partial charge < -0.3 is 9.30 Å². The number of ether oxygens (including phenoxy) is 1. The summed E-state index contributed by atoms with van der Waals surface area (Å²) in [5.74, 6) is 0.698. The summed E-state index contributed by atoms with van der Waals surface area (Å²) < 4.78 is 6.98. The number of nitrogens with zero attached hydrogens (tertiary/aromatic N) is 3. The largest absolute Gasteiger partial charge is 0.443 e. The molecule has 1 heterocycles. The van der Waals surface area contributed by atoms with E-state index >= 15 is 0 Å². The Morgan fingerprint density at radius 2 is 2.13 bits per heavy atom. The van der Waals surface area contributed by atoms with Gasteiger partial charge >= 0.3 is 6.09 Å². The van der Waals surface area contributed by atoms with Gasteiger partial charge in [0.1, 0.15) is 11.4 Å². The van der Waals surface area contributed by atoms with Gasteiger partial charge in [-0.2, -0.15) is 0 Å². The van der Waals surface area contributed by atoms with Crippen molar-refractivity contribution in [2.75, 3.05) is 11.9 Å². The molecule has 0 aliphatic rings. The van der Waals surface area contributed by atoms with Crippen LogP contribution in [0.25, 0.3) is 0 Å². The van der Waals surface area contributed by atoms with Crippen molar-refractivity contribution >= 4 is 11.9 Å². The lowest BCUT2D eigenvalue weighted by atomic mass is 10.2. The minimum Gasteiger partial charge on any atom is -0.443 e. The summed E-state index contributed by atoms with van der Waals surface area (Å²) in [6.45, 7) is 5.51. The number of aryl methyl sites for hydroxylation is 1. The Morgan fingerprint density at radius 3 is 2.53 bits per heavy atom. The molecule has 0 N–H and O–H groups in total.